The topological polar surface area (TPSA) is 76.5 Å². The number of hydrogen-bond acceptors (Lipinski definition) is 4. The molecule has 1 N–H and O–H groups in total. The second kappa shape index (κ2) is 12.0. The minimum Gasteiger partial charge on any atom is -0.497 e. The first kappa shape index (κ1) is 25.7. The highest BCUT2D eigenvalue weighted by atomic mass is 16.5. The van der Waals surface area contributed by atoms with E-state index in [2.05, 4.69) is 5.32 Å². The van der Waals surface area contributed by atoms with Crippen LogP contribution in [-0.4, -0.2) is 46.7 Å². The van der Waals surface area contributed by atoms with Gasteiger partial charge in [-0.3, -0.25) is 9.59 Å². The van der Waals surface area contributed by atoms with Crippen LogP contribution in [0.1, 0.15) is 19.4 Å². The number of amides is 2. The molecule has 1 aromatic heterocycles. The summed E-state index contributed by atoms with van der Waals surface area (Å²) in [5.74, 6) is 1.12. The summed E-state index contributed by atoms with van der Waals surface area (Å²) in [6.45, 7) is 4.49. The average Bonchev–Trinajstić information content (AvgIpc) is 3.33. The maximum Gasteiger partial charge on any atom is 0.245 e. The molecule has 2 amide bonds. The molecule has 0 spiro atoms. The second-order valence-electron chi connectivity index (χ2n) is 9.27. The van der Waals surface area contributed by atoms with Crippen molar-refractivity contribution in [3.63, 3.8) is 0 Å². The lowest BCUT2D eigenvalue weighted by molar-refractivity contribution is -0.134. The minimum absolute atomic E-state index is 0.0478. The van der Waals surface area contributed by atoms with Crippen molar-refractivity contribution in [3.05, 3.63) is 96.6 Å². The van der Waals surface area contributed by atoms with Crippen LogP contribution in [0.4, 0.5) is 5.82 Å². The highest BCUT2D eigenvalue weighted by Crippen LogP contribution is 2.25. The molecule has 4 rings (SSSR count). The molecule has 7 heteroatoms. The van der Waals surface area contributed by atoms with Gasteiger partial charge in [-0.25, -0.2) is 4.68 Å². The number of nitrogens with zero attached hydrogens (tertiary/aromatic N) is 3. The molecule has 0 saturated carbocycles. The summed E-state index contributed by atoms with van der Waals surface area (Å²) in [6, 6.07) is 28.7. The van der Waals surface area contributed by atoms with Gasteiger partial charge in [0.2, 0.25) is 11.8 Å². The van der Waals surface area contributed by atoms with Crippen LogP contribution in [0.3, 0.4) is 0 Å². The van der Waals surface area contributed by atoms with Crippen molar-refractivity contribution in [2.45, 2.75) is 20.3 Å². The van der Waals surface area contributed by atoms with Crippen molar-refractivity contribution in [3.8, 4) is 22.7 Å². The zero-order chi connectivity index (χ0) is 26.2. The normalized spacial score (nSPS) is 10.8. The van der Waals surface area contributed by atoms with E-state index in [1.165, 1.54) is 0 Å². The van der Waals surface area contributed by atoms with E-state index in [1.54, 1.807) is 16.7 Å². The molecular weight excluding hydrogens is 464 g/mol. The third-order valence-electron chi connectivity index (χ3n) is 5.83. The van der Waals surface area contributed by atoms with Crippen LogP contribution in [0.5, 0.6) is 5.75 Å². The Morgan fingerprint density at radius 1 is 0.946 bits per heavy atom. The maximum absolute atomic E-state index is 13.2. The zero-order valence-corrected chi connectivity index (χ0v) is 21.4. The van der Waals surface area contributed by atoms with Gasteiger partial charge in [-0.05, 0) is 35.7 Å². The Bertz CT molecular complexity index is 1320. The van der Waals surface area contributed by atoms with Crippen molar-refractivity contribution in [2.24, 2.45) is 5.92 Å². The molecule has 0 saturated heterocycles. The highest BCUT2D eigenvalue weighted by molar-refractivity contribution is 5.95. The molecule has 0 unspecified atom stereocenters. The quantitative estimate of drug-likeness (QED) is 0.327. The minimum atomic E-state index is -0.277. The Kier molecular flexibility index (Phi) is 8.36. The van der Waals surface area contributed by atoms with E-state index in [9.17, 15) is 9.59 Å². The van der Waals surface area contributed by atoms with E-state index >= 15 is 0 Å². The maximum atomic E-state index is 13.2. The number of hydrogen-bond donors (Lipinski definition) is 1. The van der Waals surface area contributed by atoms with Gasteiger partial charge >= 0.3 is 0 Å². The Morgan fingerprint density at radius 2 is 1.59 bits per heavy atom. The number of nitrogens with one attached hydrogen (secondary N) is 1. The molecule has 3 aromatic carbocycles. The molecule has 4 aromatic rings. The van der Waals surface area contributed by atoms with Gasteiger partial charge in [0.15, 0.2) is 0 Å². The molecule has 1 heterocycles. The molecule has 37 heavy (non-hydrogen) atoms. The Morgan fingerprint density at radius 3 is 2.22 bits per heavy atom. The van der Waals surface area contributed by atoms with Gasteiger partial charge in [0.05, 0.1) is 31.5 Å². The number of rotatable bonds is 10. The number of aromatic nitrogens is 2. The molecule has 0 radical (unpaired) electrons. The van der Waals surface area contributed by atoms with Crippen LogP contribution in [0.15, 0.2) is 91.0 Å². The first-order valence-corrected chi connectivity index (χ1v) is 12.3. The van der Waals surface area contributed by atoms with Crippen LogP contribution in [0.25, 0.3) is 16.9 Å². The fraction of sp³-hybridized carbons (Fsp3) is 0.233. The average molecular weight is 497 g/mol. The van der Waals surface area contributed by atoms with Crippen molar-refractivity contribution in [1.29, 1.82) is 0 Å². The lowest BCUT2D eigenvalue weighted by Crippen LogP contribution is -2.41. The van der Waals surface area contributed by atoms with Gasteiger partial charge in [-0.1, -0.05) is 74.5 Å². The largest absolute Gasteiger partial charge is 0.497 e. The van der Waals surface area contributed by atoms with Crippen molar-refractivity contribution >= 4 is 17.6 Å². The molecule has 190 valence electrons. The third kappa shape index (κ3) is 6.85. The number of benzene rings is 3. The standard InChI is InChI=1S/C30H32N4O3/c1-22(2)20-33(30(36)18-23-14-16-26(37-3)17-15-23)21-29(35)31-28-19-27(24-10-6-4-7-11-24)32-34(28)25-12-8-5-9-13-25/h4-17,19,22H,18,20-21H2,1-3H3,(H,31,35). The summed E-state index contributed by atoms with van der Waals surface area (Å²) in [5, 5.41) is 7.74. The Labute approximate surface area is 217 Å². The van der Waals surface area contributed by atoms with Gasteiger partial charge in [0.1, 0.15) is 11.6 Å². The smallest absolute Gasteiger partial charge is 0.245 e. The number of para-hydroxylation sites is 1. The summed E-state index contributed by atoms with van der Waals surface area (Å²) in [4.78, 5) is 28.0. The predicted octanol–water partition coefficient (Wildman–Crippen LogP) is 5.21. The highest BCUT2D eigenvalue weighted by Gasteiger charge is 2.21. The first-order chi connectivity index (χ1) is 17.9. The van der Waals surface area contributed by atoms with E-state index in [4.69, 9.17) is 9.84 Å². The lowest BCUT2D eigenvalue weighted by atomic mass is 10.1. The van der Waals surface area contributed by atoms with Crippen LogP contribution >= 0.6 is 0 Å². The molecule has 7 nitrogen and oxygen atoms in total. The fourth-order valence-corrected chi connectivity index (χ4v) is 4.07. The monoisotopic (exact) mass is 496 g/mol. The van der Waals surface area contributed by atoms with Crippen LogP contribution in [0, 0.1) is 5.92 Å². The number of carbonyl (C=O) groups is 2. The van der Waals surface area contributed by atoms with Crippen molar-refractivity contribution < 1.29 is 14.3 Å². The van der Waals surface area contributed by atoms with E-state index < -0.39 is 0 Å². The molecule has 0 aliphatic rings. The molecule has 0 bridgehead atoms. The Hall–Kier alpha value is -4.39. The van der Waals surface area contributed by atoms with Crippen LogP contribution < -0.4 is 10.1 Å². The summed E-state index contributed by atoms with van der Waals surface area (Å²) in [5.41, 5.74) is 3.39. The van der Waals surface area contributed by atoms with Gasteiger partial charge in [0.25, 0.3) is 0 Å². The van der Waals surface area contributed by atoms with Crippen molar-refractivity contribution in [1.82, 2.24) is 14.7 Å². The summed E-state index contributed by atoms with van der Waals surface area (Å²) < 4.78 is 6.91. The van der Waals surface area contributed by atoms with Gasteiger partial charge in [-0.2, -0.15) is 5.10 Å². The van der Waals surface area contributed by atoms with Crippen molar-refractivity contribution in [2.75, 3.05) is 25.5 Å². The van der Waals surface area contributed by atoms with Gasteiger partial charge in [0, 0.05) is 18.2 Å². The van der Waals surface area contributed by atoms with Crippen LogP contribution in [-0.2, 0) is 16.0 Å². The van der Waals surface area contributed by atoms with Gasteiger partial charge in [-0.15, -0.1) is 0 Å². The SMILES string of the molecule is COc1ccc(CC(=O)N(CC(=O)Nc2cc(-c3ccccc3)nn2-c2ccccc2)CC(C)C)cc1. The number of ether oxygens (including phenoxy) is 1. The number of anilines is 1. The van der Waals surface area contributed by atoms with E-state index in [1.807, 2.05) is 105 Å². The van der Waals surface area contributed by atoms with E-state index in [0.29, 0.717) is 12.4 Å². The number of methoxy groups -OCH3 is 1. The molecule has 0 atom stereocenters. The molecule has 0 aliphatic heterocycles. The number of carbonyl (C=O) groups excluding carboxylic acids is 2. The van der Waals surface area contributed by atoms with Gasteiger partial charge < -0.3 is 15.0 Å². The summed E-state index contributed by atoms with van der Waals surface area (Å²) >= 11 is 0. The predicted molar refractivity (Wildman–Crippen MR) is 146 cm³/mol. The molecular formula is C30H32N4O3. The lowest BCUT2D eigenvalue weighted by Gasteiger charge is -2.24. The second-order valence-corrected chi connectivity index (χ2v) is 9.27. The summed E-state index contributed by atoms with van der Waals surface area (Å²) in [7, 11) is 1.61. The molecule has 0 aliphatic carbocycles. The Balaban J connectivity index is 1.53. The third-order valence-corrected chi connectivity index (χ3v) is 5.83. The van der Waals surface area contributed by atoms with E-state index in [-0.39, 0.29) is 30.7 Å². The fourth-order valence-electron chi connectivity index (χ4n) is 4.07. The molecule has 0 fully saturated rings. The first-order valence-electron chi connectivity index (χ1n) is 12.3. The zero-order valence-electron chi connectivity index (χ0n) is 21.4. The van der Waals surface area contributed by atoms with Crippen LogP contribution in [0.2, 0.25) is 0 Å². The summed E-state index contributed by atoms with van der Waals surface area (Å²) in [6.07, 6.45) is 0.212. The van der Waals surface area contributed by atoms with E-state index in [0.717, 1.165) is 28.3 Å².